The molecule has 3 aliphatic carbocycles. The fourth-order valence-corrected chi connectivity index (χ4v) is 4.85. The van der Waals surface area contributed by atoms with E-state index in [0.29, 0.717) is 23.7 Å². The lowest BCUT2D eigenvalue weighted by molar-refractivity contribution is -0.140. The number of furan rings is 1. The fourth-order valence-electron chi connectivity index (χ4n) is 4.85. The van der Waals surface area contributed by atoms with E-state index in [9.17, 15) is 14.4 Å². The Morgan fingerprint density at radius 2 is 1.71 bits per heavy atom. The van der Waals surface area contributed by atoms with Crippen LogP contribution in [0.25, 0.3) is 11.3 Å². The van der Waals surface area contributed by atoms with E-state index in [1.165, 1.54) is 6.21 Å². The zero-order chi connectivity index (χ0) is 21.5. The first-order chi connectivity index (χ1) is 15.1. The summed E-state index contributed by atoms with van der Waals surface area (Å²) in [5.74, 6) is -0.0625. The second kappa shape index (κ2) is 7.65. The van der Waals surface area contributed by atoms with Gasteiger partial charge in [0.2, 0.25) is 0 Å². The first kappa shape index (κ1) is 19.5. The SMILES string of the molecule is CCOC(=O)c1ccc(-c2ccc(/C=N\N3C(=O)[C@H]4[C@H](C3=O)[C@@H]3C=C[C@@H]4CC3)o2)cc1. The van der Waals surface area contributed by atoms with E-state index in [0.717, 1.165) is 23.4 Å². The first-order valence-corrected chi connectivity index (χ1v) is 10.5. The largest absolute Gasteiger partial charge is 0.462 e. The molecule has 1 aliphatic heterocycles. The van der Waals surface area contributed by atoms with Crippen LogP contribution in [-0.4, -0.2) is 35.6 Å². The van der Waals surface area contributed by atoms with Crippen LogP contribution in [0.1, 0.15) is 35.9 Å². The number of hydrazone groups is 1. The van der Waals surface area contributed by atoms with Gasteiger partial charge in [-0.25, -0.2) is 4.79 Å². The highest BCUT2D eigenvalue weighted by Crippen LogP contribution is 2.49. The molecule has 0 unspecified atom stereocenters. The van der Waals surface area contributed by atoms with Crippen molar-refractivity contribution < 1.29 is 23.5 Å². The molecule has 0 N–H and O–H groups in total. The van der Waals surface area contributed by atoms with E-state index in [1.807, 2.05) is 0 Å². The van der Waals surface area contributed by atoms with E-state index in [4.69, 9.17) is 9.15 Å². The monoisotopic (exact) mass is 418 g/mol. The van der Waals surface area contributed by atoms with Crippen LogP contribution in [0.2, 0.25) is 0 Å². The molecule has 2 amide bonds. The number of hydrogen-bond donors (Lipinski definition) is 0. The third-order valence-corrected chi connectivity index (χ3v) is 6.34. The molecule has 1 aromatic heterocycles. The summed E-state index contributed by atoms with van der Waals surface area (Å²) in [5, 5.41) is 5.19. The molecule has 2 bridgehead atoms. The van der Waals surface area contributed by atoms with Gasteiger partial charge in [0.25, 0.3) is 11.8 Å². The van der Waals surface area contributed by atoms with Crippen LogP contribution in [0.5, 0.6) is 0 Å². The van der Waals surface area contributed by atoms with Crippen molar-refractivity contribution in [1.29, 1.82) is 0 Å². The third kappa shape index (κ3) is 3.30. The number of fused-ring (bicyclic) bond motifs is 1. The smallest absolute Gasteiger partial charge is 0.338 e. The average molecular weight is 418 g/mol. The number of esters is 1. The fraction of sp³-hybridized carbons (Fsp3) is 0.333. The molecule has 31 heavy (non-hydrogen) atoms. The molecule has 0 spiro atoms. The number of allylic oxidation sites excluding steroid dienone is 2. The summed E-state index contributed by atoms with van der Waals surface area (Å²) in [7, 11) is 0. The zero-order valence-electron chi connectivity index (χ0n) is 17.1. The maximum Gasteiger partial charge on any atom is 0.338 e. The number of hydrogen-bond acceptors (Lipinski definition) is 6. The maximum atomic E-state index is 12.8. The minimum Gasteiger partial charge on any atom is -0.462 e. The number of nitrogens with zero attached hydrogens (tertiary/aromatic N) is 2. The van der Waals surface area contributed by atoms with Gasteiger partial charge in [0, 0.05) is 5.56 Å². The quantitative estimate of drug-likeness (QED) is 0.320. The van der Waals surface area contributed by atoms with Crippen LogP contribution < -0.4 is 0 Å². The topological polar surface area (TPSA) is 89.2 Å². The second-order valence-electron chi connectivity index (χ2n) is 8.07. The van der Waals surface area contributed by atoms with Crippen LogP contribution >= 0.6 is 0 Å². The molecule has 2 fully saturated rings. The molecular formula is C24H22N2O5. The Morgan fingerprint density at radius 1 is 1.06 bits per heavy atom. The number of carbonyl (C=O) groups excluding carboxylic acids is 3. The van der Waals surface area contributed by atoms with Crippen molar-refractivity contribution in [2.75, 3.05) is 6.61 Å². The summed E-state index contributed by atoms with van der Waals surface area (Å²) in [4.78, 5) is 37.4. The average Bonchev–Trinajstić information content (AvgIpc) is 3.38. The van der Waals surface area contributed by atoms with Crippen molar-refractivity contribution in [3.05, 3.63) is 59.9 Å². The van der Waals surface area contributed by atoms with Gasteiger partial charge in [-0.05, 0) is 55.9 Å². The van der Waals surface area contributed by atoms with Gasteiger partial charge in [0.1, 0.15) is 11.5 Å². The Morgan fingerprint density at radius 3 is 2.29 bits per heavy atom. The summed E-state index contributed by atoms with van der Waals surface area (Å²) in [6, 6.07) is 10.4. The third-order valence-electron chi connectivity index (χ3n) is 6.34. The number of rotatable bonds is 5. The van der Waals surface area contributed by atoms with E-state index in [1.54, 1.807) is 43.3 Å². The van der Waals surface area contributed by atoms with Gasteiger partial charge in [0.15, 0.2) is 0 Å². The van der Waals surface area contributed by atoms with Crippen molar-refractivity contribution in [2.45, 2.75) is 19.8 Å². The van der Waals surface area contributed by atoms with Crippen molar-refractivity contribution >= 4 is 24.0 Å². The minimum atomic E-state index is -0.370. The standard InChI is InChI=1S/C24H22N2O5/c1-2-30-24(29)17-9-3-14(4-10-17)19-12-11-18(31-19)13-25-26-22(27)20-15-5-6-16(8-7-15)21(20)23(26)28/h3-6,9-13,15-16,20-21H,2,7-8H2,1H3/b25-13-/t15-,16-,20-,21-/m1/s1. The molecular weight excluding hydrogens is 396 g/mol. The molecule has 7 heteroatoms. The van der Waals surface area contributed by atoms with Gasteiger partial charge in [0.05, 0.1) is 30.2 Å². The van der Waals surface area contributed by atoms with Crippen molar-refractivity contribution in [3.63, 3.8) is 0 Å². The van der Waals surface area contributed by atoms with E-state index >= 15 is 0 Å². The molecule has 1 saturated carbocycles. The van der Waals surface area contributed by atoms with Gasteiger partial charge in [-0.2, -0.15) is 10.1 Å². The Kier molecular flexibility index (Phi) is 4.81. The molecule has 158 valence electrons. The van der Waals surface area contributed by atoms with Gasteiger partial charge in [-0.1, -0.05) is 24.3 Å². The number of benzene rings is 1. The predicted molar refractivity (Wildman–Crippen MR) is 112 cm³/mol. The van der Waals surface area contributed by atoms with Gasteiger partial charge in [-0.3, -0.25) is 9.59 Å². The van der Waals surface area contributed by atoms with Crippen LogP contribution in [-0.2, 0) is 14.3 Å². The molecule has 7 nitrogen and oxygen atoms in total. The molecule has 6 rings (SSSR count). The molecule has 4 aliphatic rings. The first-order valence-electron chi connectivity index (χ1n) is 10.5. The lowest BCUT2D eigenvalue weighted by Crippen LogP contribution is -2.38. The Balaban J connectivity index is 1.30. The summed E-state index contributed by atoms with van der Waals surface area (Å²) in [5.41, 5.74) is 1.25. The van der Waals surface area contributed by atoms with Crippen LogP contribution in [0.3, 0.4) is 0 Å². The van der Waals surface area contributed by atoms with Gasteiger partial charge < -0.3 is 9.15 Å². The second-order valence-corrected chi connectivity index (χ2v) is 8.07. The van der Waals surface area contributed by atoms with Crippen molar-refractivity contribution in [2.24, 2.45) is 28.8 Å². The van der Waals surface area contributed by atoms with Gasteiger partial charge in [-0.15, -0.1) is 0 Å². The molecule has 0 radical (unpaired) electrons. The summed E-state index contributed by atoms with van der Waals surface area (Å²) >= 11 is 0. The number of imide groups is 1. The highest BCUT2D eigenvalue weighted by Gasteiger charge is 2.56. The molecule has 1 aromatic carbocycles. The van der Waals surface area contributed by atoms with Gasteiger partial charge >= 0.3 is 5.97 Å². The number of ether oxygens (including phenoxy) is 1. The summed E-state index contributed by atoms with van der Waals surface area (Å²) in [6.07, 6.45) is 7.48. The van der Waals surface area contributed by atoms with Crippen molar-refractivity contribution in [3.8, 4) is 11.3 Å². The van der Waals surface area contributed by atoms with Crippen LogP contribution in [0.4, 0.5) is 0 Å². The summed E-state index contributed by atoms with van der Waals surface area (Å²) < 4.78 is 10.8. The number of amides is 2. The lowest BCUT2D eigenvalue weighted by atomic mass is 9.63. The van der Waals surface area contributed by atoms with E-state index < -0.39 is 0 Å². The Hall–Kier alpha value is -3.48. The predicted octanol–water partition coefficient (Wildman–Crippen LogP) is 3.65. The maximum absolute atomic E-state index is 12.8. The lowest BCUT2D eigenvalue weighted by Gasteiger charge is -2.37. The molecule has 4 atom stereocenters. The summed E-state index contributed by atoms with van der Waals surface area (Å²) in [6.45, 7) is 2.08. The van der Waals surface area contributed by atoms with Crippen molar-refractivity contribution in [1.82, 2.24) is 5.01 Å². The highest BCUT2D eigenvalue weighted by molar-refractivity contribution is 6.06. The molecule has 1 saturated heterocycles. The minimum absolute atomic E-state index is 0.138. The number of carbonyl (C=O) groups is 3. The Labute approximate surface area is 179 Å². The van der Waals surface area contributed by atoms with E-state index in [2.05, 4.69) is 17.3 Å². The molecule has 2 heterocycles. The van der Waals surface area contributed by atoms with Crippen LogP contribution in [0, 0.1) is 23.7 Å². The van der Waals surface area contributed by atoms with Crippen LogP contribution in [0.15, 0.2) is 58.1 Å². The van der Waals surface area contributed by atoms with E-state index in [-0.39, 0.29) is 41.5 Å². The molecule has 2 aromatic rings. The highest BCUT2D eigenvalue weighted by atomic mass is 16.5. The Bertz CT molecular complexity index is 1070. The normalized spacial score (nSPS) is 26.7. The zero-order valence-corrected chi connectivity index (χ0v) is 17.1.